The van der Waals surface area contributed by atoms with Crippen LogP contribution in [0.5, 0.6) is 5.75 Å². The van der Waals surface area contributed by atoms with Gasteiger partial charge < -0.3 is 4.74 Å². The number of methoxy groups -OCH3 is 1. The van der Waals surface area contributed by atoms with Crippen molar-refractivity contribution in [2.24, 2.45) is 0 Å². The van der Waals surface area contributed by atoms with E-state index in [0.29, 0.717) is 5.92 Å². The summed E-state index contributed by atoms with van der Waals surface area (Å²) in [6.45, 7) is 4.26. The van der Waals surface area contributed by atoms with E-state index in [0.717, 1.165) is 22.3 Å². The SMILES string of the molecule is COc1ccc2c(C(C)C)ncnc2c1. The van der Waals surface area contributed by atoms with Crippen LogP contribution >= 0.6 is 0 Å². The Morgan fingerprint density at radius 1 is 1.20 bits per heavy atom. The van der Waals surface area contributed by atoms with Crippen molar-refractivity contribution in [2.45, 2.75) is 19.8 Å². The molecule has 2 rings (SSSR count). The molecule has 3 heteroatoms. The molecule has 0 unspecified atom stereocenters. The Kier molecular flexibility index (Phi) is 2.54. The first-order chi connectivity index (χ1) is 7.22. The predicted octanol–water partition coefficient (Wildman–Crippen LogP) is 2.76. The fourth-order valence-corrected chi connectivity index (χ4v) is 1.64. The van der Waals surface area contributed by atoms with E-state index < -0.39 is 0 Å². The number of rotatable bonds is 2. The van der Waals surface area contributed by atoms with Crippen LogP contribution in [-0.4, -0.2) is 17.1 Å². The van der Waals surface area contributed by atoms with Crippen LogP contribution in [0.3, 0.4) is 0 Å². The highest BCUT2D eigenvalue weighted by Crippen LogP contribution is 2.24. The van der Waals surface area contributed by atoms with Gasteiger partial charge in [0.2, 0.25) is 0 Å². The first kappa shape index (κ1) is 9.90. The lowest BCUT2D eigenvalue weighted by Gasteiger charge is -2.08. The molecule has 0 spiro atoms. The molecule has 78 valence electrons. The Morgan fingerprint density at radius 3 is 2.67 bits per heavy atom. The molecule has 0 aliphatic carbocycles. The van der Waals surface area contributed by atoms with Crippen LogP contribution in [0, 0.1) is 0 Å². The van der Waals surface area contributed by atoms with Gasteiger partial charge in [0.05, 0.1) is 18.3 Å². The van der Waals surface area contributed by atoms with Crippen molar-refractivity contribution < 1.29 is 4.74 Å². The Morgan fingerprint density at radius 2 is 2.00 bits per heavy atom. The maximum atomic E-state index is 5.16. The zero-order valence-electron chi connectivity index (χ0n) is 9.19. The van der Waals surface area contributed by atoms with Crippen molar-refractivity contribution in [1.82, 2.24) is 9.97 Å². The largest absolute Gasteiger partial charge is 0.497 e. The number of fused-ring (bicyclic) bond motifs is 1. The molecule has 0 aliphatic heterocycles. The number of hydrogen-bond acceptors (Lipinski definition) is 3. The van der Waals surface area contributed by atoms with Gasteiger partial charge in [0.15, 0.2) is 0 Å². The van der Waals surface area contributed by atoms with E-state index in [9.17, 15) is 0 Å². The summed E-state index contributed by atoms with van der Waals surface area (Å²) in [6, 6.07) is 5.89. The topological polar surface area (TPSA) is 35.0 Å². The van der Waals surface area contributed by atoms with Crippen molar-refractivity contribution in [3.63, 3.8) is 0 Å². The molecule has 0 saturated heterocycles. The fraction of sp³-hybridized carbons (Fsp3) is 0.333. The maximum Gasteiger partial charge on any atom is 0.121 e. The monoisotopic (exact) mass is 202 g/mol. The number of benzene rings is 1. The van der Waals surface area contributed by atoms with E-state index in [1.807, 2.05) is 18.2 Å². The zero-order valence-corrected chi connectivity index (χ0v) is 9.19. The molecule has 0 radical (unpaired) electrons. The molecule has 3 nitrogen and oxygen atoms in total. The minimum absolute atomic E-state index is 0.406. The van der Waals surface area contributed by atoms with Gasteiger partial charge in [-0.1, -0.05) is 13.8 Å². The van der Waals surface area contributed by atoms with Crippen LogP contribution in [0.1, 0.15) is 25.5 Å². The van der Waals surface area contributed by atoms with Crippen LogP contribution in [0.4, 0.5) is 0 Å². The summed E-state index contributed by atoms with van der Waals surface area (Å²) in [5.74, 6) is 1.24. The Bertz CT molecular complexity index is 480. The maximum absolute atomic E-state index is 5.16. The molecular weight excluding hydrogens is 188 g/mol. The molecule has 0 atom stereocenters. The minimum Gasteiger partial charge on any atom is -0.497 e. The summed E-state index contributed by atoms with van der Waals surface area (Å²) in [5.41, 5.74) is 2.02. The van der Waals surface area contributed by atoms with E-state index in [2.05, 4.69) is 23.8 Å². The summed E-state index contributed by atoms with van der Waals surface area (Å²) in [7, 11) is 1.66. The van der Waals surface area contributed by atoms with Gasteiger partial charge in [-0.15, -0.1) is 0 Å². The van der Waals surface area contributed by atoms with E-state index >= 15 is 0 Å². The highest BCUT2D eigenvalue weighted by molar-refractivity contribution is 5.82. The summed E-state index contributed by atoms with van der Waals surface area (Å²) in [4.78, 5) is 8.55. The first-order valence-corrected chi connectivity index (χ1v) is 5.01. The van der Waals surface area contributed by atoms with E-state index in [1.54, 1.807) is 13.4 Å². The van der Waals surface area contributed by atoms with Gasteiger partial charge >= 0.3 is 0 Å². The van der Waals surface area contributed by atoms with Crippen molar-refractivity contribution in [3.8, 4) is 5.75 Å². The molecule has 1 heterocycles. The lowest BCUT2D eigenvalue weighted by Crippen LogP contribution is -1.96. The normalized spacial score (nSPS) is 10.9. The number of hydrogen-bond donors (Lipinski definition) is 0. The summed E-state index contributed by atoms with van der Waals surface area (Å²) in [5, 5.41) is 1.10. The molecule has 0 amide bonds. The summed E-state index contributed by atoms with van der Waals surface area (Å²) >= 11 is 0. The van der Waals surface area contributed by atoms with Crippen molar-refractivity contribution >= 4 is 10.9 Å². The predicted molar refractivity (Wildman–Crippen MR) is 60.2 cm³/mol. The van der Waals surface area contributed by atoms with Crippen LogP contribution in [-0.2, 0) is 0 Å². The molecule has 15 heavy (non-hydrogen) atoms. The Labute approximate surface area is 89.1 Å². The van der Waals surface area contributed by atoms with Gasteiger partial charge in [-0.25, -0.2) is 9.97 Å². The number of nitrogens with zero attached hydrogens (tertiary/aromatic N) is 2. The van der Waals surface area contributed by atoms with Crippen LogP contribution in [0.25, 0.3) is 10.9 Å². The van der Waals surface area contributed by atoms with E-state index in [4.69, 9.17) is 4.74 Å². The van der Waals surface area contributed by atoms with Gasteiger partial charge in [-0.05, 0) is 18.1 Å². The highest BCUT2D eigenvalue weighted by Gasteiger charge is 2.07. The third-order valence-corrected chi connectivity index (χ3v) is 2.42. The van der Waals surface area contributed by atoms with Gasteiger partial charge in [-0.2, -0.15) is 0 Å². The number of aromatic nitrogens is 2. The minimum atomic E-state index is 0.406. The molecular formula is C12H14N2O. The van der Waals surface area contributed by atoms with Crippen molar-refractivity contribution in [3.05, 3.63) is 30.2 Å². The average Bonchev–Trinajstić information content (AvgIpc) is 2.27. The van der Waals surface area contributed by atoms with Crippen LogP contribution < -0.4 is 4.74 Å². The van der Waals surface area contributed by atoms with Crippen LogP contribution in [0.15, 0.2) is 24.5 Å². The quantitative estimate of drug-likeness (QED) is 0.751. The third kappa shape index (κ3) is 1.77. The smallest absolute Gasteiger partial charge is 0.121 e. The molecule has 2 aromatic rings. The molecule has 0 aliphatic rings. The Hall–Kier alpha value is -1.64. The highest BCUT2D eigenvalue weighted by atomic mass is 16.5. The summed E-state index contributed by atoms with van der Waals surface area (Å²) < 4.78 is 5.16. The lowest BCUT2D eigenvalue weighted by molar-refractivity contribution is 0.415. The van der Waals surface area contributed by atoms with E-state index in [1.165, 1.54) is 0 Å². The number of ether oxygens (including phenoxy) is 1. The molecule has 1 aromatic carbocycles. The Balaban J connectivity index is 2.67. The fourth-order valence-electron chi connectivity index (χ4n) is 1.64. The van der Waals surface area contributed by atoms with Gasteiger partial charge in [0.25, 0.3) is 0 Å². The van der Waals surface area contributed by atoms with Crippen molar-refractivity contribution in [1.29, 1.82) is 0 Å². The lowest BCUT2D eigenvalue weighted by atomic mass is 10.0. The standard InChI is InChI=1S/C12H14N2O/c1-8(2)12-10-5-4-9(15-3)6-11(10)13-7-14-12/h4-8H,1-3H3. The van der Waals surface area contributed by atoms with Crippen molar-refractivity contribution in [2.75, 3.05) is 7.11 Å². The zero-order chi connectivity index (χ0) is 10.8. The molecule has 0 N–H and O–H groups in total. The second kappa shape index (κ2) is 3.85. The van der Waals surface area contributed by atoms with E-state index in [-0.39, 0.29) is 0 Å². The molecule has 0 bridgehead atoms. The molecule has 0 saturated carbocycles. The van der Waals surface area contributed by atoms with Crippen LogP contribution in [0.2, 0.25) is 0 Å². The third-order valence-electron chi connectivity index (χ3n) is 2.42. The van der Waals surface area contributed by atoms with Gasteiger partial charge in [0, 0.05) is 11.5 Å². The summed E-state index contributed by atoms with van der Waals surface area (Å²) in [6.07, 6.45) is 1.61. The molecule has 1 aromatic heterocycles. The molecule has 0 fully saturated rings. The second-order valence-electron chi connectivity index (χ2n) is 3.80. The average molecular weight is 202 g/mol. The van der Waals surface area contributed by atoms with Gasteiger partial charge in [-0.3, -0.25) is 0 Å². The first-order valence-electron chi connectivity index (χ1n) is 5.01. The second-order valence-corrected chi connectivity index (χ2v) is 3.80. The van der Waals surface area contributed by atoms with Gasteiger partial charge in [0.1, 0.15) is 12.1 Å².